The van der Waals surface area contributed by atoms with Gasteiger partial charge in [0.15, 0.2) is 17.3 Å². The number of aromatic nitrogens is 3. The van der Waals surface area contributed by atoms with Crippen molar-refractivity contribution in [1.29, 1.82) is 0 Å². The van der Waals surface area contributed by atoms with Gasteiger partial charge in [-0.3, -0.25) is 4.79 Å². The zero-order valence-corrected chi connectivity index (χ0v) is 13.2. The molecule has 8 heteroatoms. The van der Waals surface area contributed by atoms with E-state index in [0.29, 0.717) is 42.7 Å². The predicted molar refractivity (Wildman–Crippen MR) is 79.5 cm³/mol. The maximum absolute atomic E-state index is 12.8. The maximum atomic E-state index is 12.8. The molecule has 0 unspecified atom stereocenters. The largest absolute Gasteiger partial charge is 0.485 e. The molecule has 0 aliphatic carbocycles. The molecule has 2 aliphatic rings. The Kier molecular flexibility index (Phi) is 3.07. The number of thiophene rings is 1. The van der Waals surface area contributed by atoms with Crippen LogP contribution in [0.1, 0.15) is 34.3 Å². The molecule has 0 spiro atoms. The lowest BCUT2D eigenvalue weighted by Crippen LogP contribution is -2.40. The van der Waals surface area contributed by atoms with Crippen LogP contribution in [-0.2, 0) is 6.54 Å². The lowest BCUT2D eigenvalue weighted by molar-refractivity contribution is 0.0676. The van der Waals surface area contributed by atoms with Crippen molar-refractivity contribution in [1.82, 2.24) is 19.7 Å². The number of rotatable bonds is 1. The highest BCUT2D eigenvalue weighted by Crippen LogP contribution is 2.40. The summed E-state index contributed by atoms with van der Waals surface area (Å²) in [6, 6.07) is 0.163. The van der Waals surface area contributed by atoms with E-state index in [2.05, 4.69) is 21.7 Å². The first-order valence-electron chi connectivity index (χ1n) is 7.22. The van der Waals surface area contributed by atoms with Gasteiger partial charge in [0.05, 0.1) is 12.6 Å². The molecule has 4 heterocycles. The summed E-state index contributed by atoms with van der Waals surface area (Å²) in [5, 5.41) is 10.1. The van der Waals surface area contributed by atoms with Crippen LogP contribution in [0.4, 0.5) is 0 Å². The summed E-state index contributed by atoms with van der Waals surface area (Å²) in [5.74, 6) is 2.93. The smallest absolute Gasteiger partial charge is 0.268 e. The molecule has 0 aromatic carbocycles. The molecule has 0 saturated carbocycles. The van der Waals surface area contributed by atoms with Crippen LogP contribution in [0.3, 0.4) is 0 Å². The summed E-state index contributed by atoms with van der Waals surface area (Å²) >= 11 is 1.37. The standard InChI is InChI=1S/C14H16N4O3S/c1-8-5-17(6-11-16-15-9(2)18(8)11)14(19)13-12-10(7-22-13)20-3-4-21-12/h7-8H,3-6H2,1-2H3/t8-/m1/s1. The van der Waals surface area contributed by atoms with E-state index in [0.717, 1.165) is 11.6 Å². The molecular weight excluding hydrogens is 304 g/mol. The molecule has 0 bridgehead atoms. The van der Waals surface area contributed by atoms with Gasteiger partial charge in [-0.2, -0.15) is 0 Å². The van der Waals surface area contributed by atoms with Gasteiger partial charge in [-0.15, -0.1) is 21.5 Å². The Balaban J connectivity index is 1.63. The number of fused-ring (bicyclic) bond motifs is 2. The lowest BCUT2D eigenvalue weighted by atomic mass is 10.2. The lowest BCUT2D eigenvalue weighted by Gasteiger charge is -2.32. The van der Waals surface area contributed by atoms with Crippen molar-refractivity contribution in [2.45, 2.75) is 26.4 Å². The monoisotopic (exact) mass is 320 g/mol. The van der Waals surface area contributed by atoms with Crippen LogP contribution in [0.2, 0.25) is 0 Å². The zero-order valence-electron chi connectivity index (χ0n) is 12.4. The van der Waals surface area contributed by atoms with E-state index in [-0.39, 0.29) is 11.9 Å². The van der Waals surface area contributed by atoms with Gasteiger partial charge in [0.2, 0.25) is 0 Å². The Bertz CT molecular complexity index is 739. The third-order valence-electron chi connectivity index (χ3n) is 3.98. The van der Waals surface area contributed by atoms with Gasteiger partial charge in [0.25, 0.3) is 5.91 Å². The van der Waals surface area contributed by atoms with Crippen molar-refractivity contribution in [2.75, 3.05) is 19.8 Å². The molecule has 2 aromatic rings. The second-order valence-corrected chi connectivity index (χ2v) is 6.40. The van der Waals surface area contributed by atoms with Crippen LogP contribution >= 0.6 is 11.3 Å². The third kappa shape index (κ3) is 1.98. The number of hydrogen-bond acceptors (Lipinski definition) is 6. The average Bonchev–Trinajstić information content (AvgIpc) is 3.11. The molecule has 1 amide bonds. The molecular formula is C14H16N4O3S. The molecule has 4 rings (SSSR count). The van der Waals surface area contributed by atoms with Crippen LogP contribution in [0.5, 0.6) is 11.5 Å². The summed E-state index contributed by atoms with van der Waals surface area (Å²) in [5.41, 5.74) is 0. The minimum absolute atomic E-state index is 0.0319. The van der Waals surface area contributed by atoms with E-state index >= 15 is 0 Å². The van der Waals surface area contributed by atoms with Gasteiger partial charge < -0.3 is 18.9 Å². The van der Waals surface area contributed by atoms with Crippen LogP contribution in [-0.4, -0.2) is 45.3 Å². The number of ether oxygens (including phenoxy) is 2. The summed E-state index contributed by atoms with van der Waals surface area (Å²) < 4.78 is 13.2. The van der Waals surface area contributed by atoms with E-state index in [4.69, 9.17) is 9.47 Å². The Morgan fingerprint density at radius 3 is 3.05 bits per heavy atom. The minimum atomic E-state index is -0.0319. The summed E-state index contributed by atoms with van der Waals surface area (Å²) in [6.45, 7) is 6.12. The molecule has 0 fully saturated rings. The van der Waals surface area contributed by atoms with Crippen molar-refractivity contribution in [3.05, 3.63) is 21.9 Å². The first-order valence-corrected chi connectivity index (χ1v) is 8.10. The highest BCUT2D eigenvalue weighted by molar-refractivity contribution is 7.12. The number of carbonyl (C=O) groups excluding carboxylic acids is 1. The number of amides is 1. The zero-order chi connectivity index (χ0) is 15.3. The first kappa shape index (κ1) is 13.6. The van der Waals surface area contributed by atoms with E-state index in [9.17, 15) is 4.79 Å². The van der Waals surface area contributed by atoms with Crippen molar-refractivity contribution in [2.24, 2.45) is 0 Å². The molecule has 0 radical (unpaired) electrons. The van der Waals surface area contributed by atoms with Gasteiger partial charge in [-0.05, 0) is 13.8 Å². The molecule has 1 atom stereocenters. The molecule has 22 heavy (non-hydrogen) atoms. The topological polar surface area (TPSA) is 69.5 Å². The molecule has 2 aromatic heterocycles. The Labute approximate surface area is 131 Å². The van der Waals surface area contributed by atoms with E-state index in [1.54, 1.807) is 4.90 Å². The second-order valence-electron chi connectivity index (χ2n) is 5.52. The van der Waals surface area contributed by atoms with Crippen molar-refractivity contribution in [3.8, 4) is 11.5 Å². The number of hydrogen-bond donors (Lipinski definition) is 0. The van der Waals surface area contributed by atoms with Crippen molar-refractivity contribution in [3.63, 3.8) is 0 Å². The van der Waals surface area contributed by atoms with Gasteiger partial charge in [0.1, 0.15) is 23.9 Å². The maximum Gasteiger partial charge on any atom is 0.268 e. The van der Waals surface area contributed by atoms with Crippen LogP contribution in [0, 0.1) is 6.92 Å². The molecule has 116 valence electrons. The SMILES string of the molecule is Cc1nnc2n1[C@H](C)CN(C(=O)c1scc3c1OCCO3)C2. The van der Waals surface area contributed by atoms with Crippen LogP contribution < -0.4 is 9.47 Å². The summed E-state index contributed by atoms with van der Waals surface area (Å²) in [7, 11) is 0. The van der Waals surface area contributed by atoms with E-state index < -0.39 is 0 Å². The Morgan fingerprint density at radius 2 is 2.18 bits per heavy atom. The van der Waals surface area contributed by atoms with Gasteiger partial charge in [-0.25, -0.2) is 0 Å². The molecule has 2 aliphatic heterocycles. The predicted octanol–water partition coefficient (Wildman–Crippen LogP) is 1.64. The fourth-order valence-corrected chi connectivity index (χ4v) is 3.94. The number of aryl methyl sites for hydroxylation is 1. The van der Waals surface area contributed by atoms with Crippen LogP contribution in [0.25, 0.3) is 0 Å². The summed E-state index contributed by atoms with van der Waals surface area (Å²) in [6.07, 6.45) is 0. The highest BCUT2D eigenvalue weighted by atomic mass is 32.1. The highest BCUT2D eigenvalue weighted by Gasteiger charge is 2.32. The summed E-state index contributed by atoms with van der Waals surface area (Å²) in [4.78, 5) is 15.2. The average molecular weight is 320 g/mol. The normalized spacial score (nSPS) is 19.9. The third-order valence-corrected chi connectivity index (χ3v) is 4.90. The number of nitrogens with zero attached hydrogens (tertiary/aromatic N) is 4. The fraction of sp³-hybridized carbons (Fsp3) is 0.500. The van der Waals surface area contributed by atoms with Gasteiger partial charge in [-0.1, -0.05) is 0 Å². The van der Waals surface area contributed by atoms with Crippen molar-refractivity contribution >= 4 is 17.2 Å². The minimum Gasteiger partial charge on any atom is -0.485 e. The fourth-order valence-electron chi connectivity index (χ4n) is 3.04. The Hall–Kier alpha value is -2.09. The quantitative estimate of drug-likeness (QED) is 0.799. The molecule has 0 N–H and O–H groups in total. The molecule has 7 nitrogen and oxygen atoms in total. The van der Waals surface area contributed by atoms with E-state index in [1.807, 2.05) is 12.3 Å². The number of carbonyl (C=O) groups is 1. The van der Waals surface area contributed by atoms with E-state index in [1.165, 1.54) is 11.3 Å². The first-order chi connectivity index (χ1) is 10.6. The van der Waals surface area contributed by atoms with Crippen molar-refractivity contribution < 1.29 is 14.3 Å². The Morgan fingerprint density at radius 1 is 1.36 bits per heavy atom. The van der Waals surface area contributed by atoms with Gasteiger partial charge in [0, 0.05) is 11.9 Å². The molecule has 0 saturated heterocycles. The van der Waals surface area contributed by atoms with Crippen LogP contribution in [0.15, 0.2) is 5.38 Å². The second kappa shape index (κ2) is 4.98. The van der Waals surface area contributed by atoms with Gasteiger partial charge >= 0.3 is 0 Å².